The Morgan fingerprint density at radius 1 is 1.12 bits per heavy atom. The molecular formula is C12H23N3O2. The Hall–Kier alpha value is -1.10. The molecule has 1 heterocycles. The van der Waals surface area contributed by atoms with Crippen molar-refractivity contribution in [3.8, 4) is 0 Å². The normalized spacial score (nSPS) is 17.9. The number of rotatable bonds is 2. The van der Waals surface area contributed by atoms with E-state index >= 15 is 0 Å². The number of amides is 2. The van der Waals surface area contributed by atoms with Gasteiger partial charge in [0.05, 0.1) is 5.41 Å². The number of hydrogen-bond donors (Lipinski definition) is 1. The Bertz CT molecular complexity index is 302. The van der Waals surface area contributed by atoms with Gasteiger partial charge in [-0.3, -0.25) is 9.59 Å². The Balaban J connectivity index is 2.63. The molecule has 1 aliphatic rings. The van der Waals surface area contributed by atoms with Crippen LogP contribution in [0.2, 0.25) is 0 Å². The maximum Gasteiger partial charge on any atom is 0.229 e. The lowest BCUT2D eigenvalue weighted by Gasteiger charge is -2.30. The van der Waals surface area contributed by atoms with Crippen LogP contribution >= 0.6 is 0 Å². The van der Waals surface area contributed by atoms with Gasteiger partial charge >= 0.3 is 0 Å². The van der Waals surface area contributed by atoms with E-state index in [0.717, 1.165) is 13.0 Å². The second kappa shape index (κ2) is 5.49. The van der Waals surface area contributed by atoms with E-state index < -0.39 is 5.41 Å². The minimum absolute atomic E-state index is 0.0809. The fourth-order valence-electron chi connectivity index (χ4n) is 1.95. The molecule has 0 aromatic rings. The lowest BCUT2D eigenvalue weighted by Crippen LogP contribution is -2.46. The van der Waals surface area contributed by atoms with Gasteiger partial charge in [0.1, 0.15) is 0 Å². The van der Waals surface area contributed by atoms with Crippen molar-refractivity contribution in [1.29, 1.82) is 0 Å². The maximum absolute atomic E-state index is 12.2. The minimum atomic E-state index is -0.509. The summed E-state index contributed by atoms with van der Waals surface area (Å²) >= 11 is 0. The summed E-state index contributed by atoms with van der Waals surface area (Å²) in [6.45, 7) is 8.34. The smallest absolute Gasteiger partial charge is 0.229 e. The summed E-state index contributed by atoms with van der Waals surface area (Å²) < 4.78 is 0. The molecule has 0 saturated carbocycles. The first-order valence-electron chi connectivity index (χ1n) is 6.13. The fourth-order valence-corrected chi connectivity index (χ4v) is 1.95. The first kappa shape index (κ1) is 14.0. The van der Waals surface area contributed by atoms with Gasteiger partial charge in [0.2, 0.25) is 11.8 Å². The molecular weight excluding hydrogens is 218 g/mol. The van der Waals surface area contributed by atoms with E-state index in [4.69, 9.17) is 5.73 Å². The molecule has 1 rings (SSSR count). The predicted octanol–water partition coefficient (Wildman–Crippen LogP) is 0.0521. The van der Waals surface area contributed by atoms with Crippen molar-refractivity contribution in [2.75, 3.05) is 32.7 Å². The van der Waals surface area contributed by atoms with Crippen molar-refractivity contribution in [3.05, 3.63) is 0 Å². The number of nitrogens with two attached hydrogens (primary N) is 1. The third kappa shape index (κ3) is 3.43. The molecule has 0 bridgehead atoms. The summed E-state index contributed by atoms with van der Waals surface area (Å²) in [5, 5.41) is 0. The summed E-state index contributed by atoms with van der Waals surface area (Å²) in [5.74, 6) is 0.169. The van der Waals surface area contributed by atoms with Gasteiger partial charge in [0.15, 0.2) is 0 Å². The highest BCUT2D eigenvalue weighted by Gasteiger charge is 2.31. The van der Waals surface area contributed by atoms with Gasteiger partial charge in [-0.05, 0) is 20.3 Å². The number of carbonyl (C=O) groups excluding carboxylic acids is 2. The Morgan fingerprint density at radius 3 is 2.18 bits per heavy atom. The van der Waals surface area contributed by atoms with Gasteiger partial charge in [-0.2, -0.15) is 0 Å². The largest absolute Gasteiger partial charge is 0.341 e. The zero-order valence-corrected chi connectivity index (χ0v) is 11.0. The molecule has 0 aromatic heterocycles. The molecule has 5 nitrogen and oxygen atoms in total. The average Bonchev–Trinajstić information content (AvgIpc) is 2.53. The number of nitrogens with zero attached hydrogens (tertiary/aromatic N) is 2. The SMILES string of the molecule is CC(=O)N1CCCN(C(=O)C(C)(C)CN)CC1. The molecule has 0 aromatic carbocycles. The van der Waals surface area contributed by atoms with Gasteiger partial charge in [-0.1, -0.05) is 0 Å². The second-order valence-electron chi connectivity index (χ2n) is 5.24. The van der Waals surface area contributed by atoms with Gasteiger partial charge in [-0.15, -0.1) is 0 Å². The van der Waals surface area contributed by atoms with Crippen LogP contribution in [0.5, 0.6) is 0 Å². The van der Waals surface area contributed by atoms with Gasteiger partial charge in [-0.25, -0.2) is 0 Å². The van der Waals surface area contributed by atoms with E-state index in [1.807, 2.05) is 18.7 Å². The maximum atomic E-state index is 12.2. The highest BCUT2D eigenvalue weighted by molar-refractivity contribution is 5.82. The van der Waals surface area contributed by atoms with Gasteiger partial charge in [0.25, 0.3) is 0 Å². The van der Waals surface area contributed by atoms with Crippen molar-refractivity contribution in [2.45, 2.75) is 27.2 Å². The van der Waals surface area contributed by atoms with Crippen LogP contribution in [0.15, 0.2) is 0 Å². The summed E-state index contributed by atoms with van der Waals surface area (Å²) in [6, 6.07) is 0. The van der Waals surface area contributed by atoms with Gasteiger partial charge in [0, 0.05) is 39.6 Å². The molecule has 1 fully saturated rings. The molecule has 2 N–H and O–H groups in total. The van der Waals surface area contributed by atoms with E-state index in [0.29, 0.717) is 26.2 Å². The minimum Gasteiger partial charge on any atom is -0.341 e. The van der Waals surface area contributed by atoms with E-state index in [-0.39, 0.29) is 11.8 Å². The van der Waals surface area contributed by atoms with Crippen LogP contribution in [-0.4, -0.2) is 54.3 Å². The molecule has 17 heavy (non-hydrogen) atoms. The molecule has 98 valence electrons. The monoisotopic (exact) mass is 241 g/mol. The van der Waals surface area contributed by atoms with Crippen molar-refractivity contribution in [2.24, 2.45) is 11.1 Å². The quantitative estimate of drug-likeness (QED) is 0.743. The fraction of sp³-hybridized carbons (Fsp3) is 0.833. The molecule has 2 amide bonds. The van der Waals surface area contributed by atoms with E-state index in [9.17, 15) is 9.59 Å². The van der Waals surface area contributed by atoms with Crippen molar-refractivity contribution in [1.82, 2.24) is 9.80 Å². The van der Waals surface area contributed by atoms with Crippen LogP contribution in [0.1, 0.15) is 27.2 Å². The zero-order chi connectivity index (χ0) is 13.1. The molecule has 0 atom stereocenters. The molecule has 1 aliphatic heterocycles. The summed E-state index contributed by atoms with van der Waals surface area (Å²) in [7, 11) is 0. The van der Waals surface area contributed by atoms with Crippen LogP contribution < -0.4 is 5.73 Å². The first-order chi connectivity index (χ1) is 7.88. The summed E-state index contributed by atoms with van der Waals surface area (Å²) in [6.07, 6.45) is 0.839. The summed E-state index contributed by atoms with van der Waals surface area (Å²) in [5.41, 5.74) is 5.11. The molecule has 0 spiro atoms. The molecule has 5 heteroatoms. The molecule has 0 unspecified atom stereocenters. The van der Waals surface area contributed by atoms with E-state index in [2.05, 4.69) is 0 Å². The Kier molecular flexibility index (Phi) is 4.51. The summed E-state index contributed by atoms with van der Waals surface area (Å²) in [4.78, 5) is 27.1. The lowest BCUT2D eigenvalue weighted by molar-refractivity contribution is -0.140. The van der Waals surface area contributed by atoms with Crippen LogP contribution in [0.4, 0.5) is 0 Å². The third-order valence-electron chi connectivity index (χ3n) is 3.32. The Labute approximate surface area is 103 Å². The Morgan fingerprint density at radius 2 is 1.65 bits per heavy atom. The number of carbonyl (C=O) groups is 2. The lowest BCUT2D eigenvalue weighted by atomic mass is 9.92. The molecule has 0 radical (unpaired) electrons. The average molecular weight is 241 g/mol. The highest BCUT2D eigenvalue weighted by Crippen LogP contribution is 2.18. The van der Waals surface area contributed by atoms with E-state index in [1.54, 1.807) is 11.8 Å². The van der Waals surface area contributed by atoms with E-state index in [1.165, 1.54) is 0 Å². The third-order valence-corrected chi connectivity index (χ3v) is 3.32. The standard InChI is InChI=1S/C12H23N3O2/c1-10(16)14-5-4-6-15(8-7-14)11(17)12(2,3)9-13/h4-9,13H2,1-3H3. The molecule has 1 saturated heterocycles. The topological polar surface area (TPSA) is 66.6 Å². The molecule has 0 aliphatic carbocycles. The van der Waals surface area contributed by atoms with Crippen LogP contribution in [-0.2, 0) is 9.59 Å². The van der Waals surface area contributed by atoms with Crippen molar-refractivity contribution < 1.29 is 9.59 Å². The number of hydrogen-bond acceptors (Lipinski definition) is 3. The predicted molar refractivity (Wildman–Crippen MR) is 66.3 cm³/mol. The zero-order valence-electron chi connectivity index (χ0n) is 11.0. The van der Waals surface area contributed by atoms with Crippen LogP contribution in [0.25, 0.3) is 0 Å². The second-order valence-corrected chi connectivity index (χ2v) is 5.24. The van der Waals surface area contributed by atoms with Crippen LogP contribution in [0, 0.1) is 5.41 Å². The first-order valence-corrected chi connectivity index (χ1v) is 6.13. The van der Waals surface area contributed by atoms with Crippen molar-refractivity contribution in [3.63, 3.8) is 0 Å². The van der Waals surface area contributed by atoms with Gasteiger partial charge < -0.3 is 15.5 Å². The highest BCUT2D eigenvalue weighted by atomic mass is 16.2. The van der Waals surface area contributed by atoms with Crippen molar-refractivity contribution >= 4 is 11.8 Å². The van der Waals surface area contributed by atoms with Crippen LogP contribution in [0.3, 0.4) is 0 Å².